The van der Waals surface area contributed by atoms with Crippen LogP contribution in [0.3, 0.4) is 0 Å². The summed E-state index contributed by atoms with van der Waals surface area (Å²) in [6.45, 7) is 2.13. The molecule has 0 saturated heterocycles. The molecule has 0 spiro atoms. The molecule has 4 aromatic rings. The van der Waals surface area contributed by atoms with Crippen molar-refractivity contribution >= 4 is 34.2 Å². The maximum absolute atomic E-state index is 13.2. The Hall–Kier alpha value is -2.75. The SMILES string of the molecule is Cc1ccc2oc(-c3ccc(Cl)cc3)c(OCc3cccc(Cl)c3)c(=O)c2c1. The van der Waals surface area contributed by atoms with Gasteiger partial charge in [-0.05, 0) is 61.0 Å². The molecule has 0 bridgehead atoms. The van der Waals surface area contributed by atoms with E-state index >= 15 is 0 Å². The highest BCUT2D eigenvalue weighted by Gasteiger charge is 2.18. The summed E-state index contributed by atoms with van der Waals surface area (Å²) in [7, 11) is 0. The molecule has 0 aliphatic carbocycles. The molecule has 0 atom stereocenters. The van der Waals surface area contributed by atoms with Gasteiger partial charge in [-0.25, -0.2) is 0 Å². The van der Waals surface area contributed by atoms with Crippen molar-refractivity contribution in [3.63, 3.8) is 0 Å². The van der Waals surface area contributed by atoms with Crippen LogP contribution in [0.5, 0.6) is 5.75 Å². The lowest BCUT2D eigenvalue weighted by Crippen LogP contribution is -2.10. The van der Waals surface area contributed by atoms with Crippen LogP contribution in [-0.4, -0.2) is 0 Å². The van der Waals surface area contributed by atoms with Gasteiger partial charge in [-0.1, -0.05) is 47.0 Å². The topological polar surface area (TPSA) is 39.4 Å². The quantitative estimate of drug-likeness (QED) is 0.377. The van der Waals surface area contributed by atoms with Crippen LogP contribution in [0, 0.1) is 6.92 Å². The summed E-state index contributed by atoms with van der Waals surface area (Å²) in [6.07, 6.45) is 0. The third kappa shape index (κ3) is 3.77. The molecule has 0 aliphatic rings. The molecule has 0 saturated carbocycles. The van der Waals surface area contributed by atoms with E-state index in [4.69, 9.17) is 32.4 Å². The van der Waals surface area contributed by atoms with Gasteiger partial charge in [0, 0.05) is 15.6 Å². The minimum Gasteiger partial charge on any atom is -0.481 e. The molecule has 0 aliphatic heterocycles. The van der Waals surface area contributed by atoms with E-state index in [9.17, 15) is 4.79 Å². The fourth-order valence-corrected chi connectivity index (χ4v) is 3.34. The fourth-order valence-electron chi connectivity index (χ4n) is 3.00. The Bertz CT molecular complexity index is 1210. The van der Waals surface area contributed by atoms with Crippen LogP contribution in [0.25, 0.3) is 22.3 Å². The van der Waals surface area contributed by atoms with E-state index in [0.717, 1.165) is 11.1 Å². The minimum atomic E-state index is -0.211. The van der Waals surface area contributed by atoms with Crippen LogP contribution in [0.2, 0.25) is 10.0 Å². The van der Waals surface area contributed by atoms with E-state index in [-0.39, 0.29) is 17.8 Å². The van der Waals surface area contributed by atoms with Gasteiger partial charge in [0.05, 0.1) is 5.39 Å². The first-order valence-electron chi connectivity index (χ1n) is 8.72. The zero-order valence-corrected chi connectivity index (χ0v) is 16.6. The van der Waals surface area contributed by atoms with Crippen LogP contribution in [-0.2, 0) is 6.61 Å². The molecule has 1 heterocycles. The van der Waals surface area contributed by atoms with Crippen molar-refractivity contribution in [3.05, 3.63) is 98.1 Å². The molecule has 0 amide bonds. The van der Waals surface area contributed by atoms with Gasteiger partial charge in [0.15, 0.2) is 5.76 Å². The van der Waals surface area contributed by atoms with Gasteiger partial charge in [0.2, 0.25) is 11.2 Å². The van der Waals surface area contributed by atoms with Gasteiger partial charge in [-0.15, -0.1) is 0 Å². The minimum absolute atomic E-state index is 0.167. The second-order valence-electron chi connectivity index (χ2n) is 6.51. The van der Waals surface area contributed by atoms with Gasteiger partial charge in [-0.2, -0.15) is 0 Å². The van der Waals surface area contributed by atoms with Crippen LogP contribution >= 0.6 is 23.2 Å². The van der Waals surface area contributed by atoms with Crippen molar-refractivity contribution in [1.29, 1.82) is 0 Å². The Balaban J connectivity index is 1.85. The predicted molar refractivity (Wildman–Crippen MR) is 113 cm³/mol. The second-order valence-corrected chi connectivity index (χ2v) is 7.39. The van der Waals surface area contributed by atoms with Crippen molar-refractivity contribution < 1.29 is 9.15 Å². The monoisotopic (exact) mass is 410 g/mol. The Kier molecular flexibility index (Phi) is 5.12. The smallest absolute Gasteiger partial charge is 0.235 e. The summed E-state index contributed by atoms with van der Waals surface area (Å²) in [5, 5.41) is 1.70. The Morgan fingerprint density at radius 1 is 0.929 bits per heavy atom. The molecule has 4 rings (SSSR count). The van der Waals surface area contributed by atoms with E-state index in [1.165, 1.54) is 0 Å². The number of rotatable bonds is 4. The van der Waals surface area contributed by atoms with Gasteiger partial charge in [-0.3, -0.25) is 4.79 Å². The number of benzene rings is 3. The summed E-state index contributed by atoms with van der Waals surface area (Å²) >= 11 is 12.0. The normalized spacial score (nSPS) is 11.0. The van der Waals surface area contributed by atoms with Crippen LogP contribution in [0.15, 0.2) is 75.9 Å². The van der Waals surface area contributed by atoms with Crippen molar-refractivity contribution in [3.8, 4) is 17.1 Å². The molecule has 0 N–H and O–H groups in total. The zero-order chi connectivity index (χ0) is 19.7. The summed E-state index contributed by atoms with van der Waals surface area (Å²) in [4.78, 5) is 13.2. The van der Waals surface area contributed by atoms with Crippen molar-refractivity contribution in [2.75, 3.05) is 0 Å². The molecule has 28 heavy (non-hydrogen) atoms. The van der Waals surface area contributed by atoms with Crippen LogP contribution in [0.1, 0.15) is 11.1 Å². The lowest BCUT2D eigenvalue weighted by molar-refractivity contribution is 0.298. The fraction of sp³-hybridized carbons (Fsp3) is 0.0870. The van der Waals surface area contributed by atoms with Crippen molar-refractivity contribution in [2.24, 2.45) is 0 Å². The van der Waals surface area contributed by atoms with E-state index in [2.05, 4.69) is 0 Å². The first-order chi connectivity index (χ1) is 13.5. The number of ether oxygens (including phenoxy) is 1. The Labute approximate surface area is 172 Å². The standard InChI is InChI=1S/C23H16Cl2O3/c1-14-5-10-20-19(11-14)21(26)23(27-13-15-3-2-4-18(25)12-15)22(28-20)16-6-8-17(24)9-7-16/h2-12H,13H2,1H3. The number of hydrogen-bond acceptors (Lipinski definition) is 3. The number of hydrogen-bond donors (Lipinski definition) is 0. The van der Waals surface area contributed by atoms with Crippen LogP contribution < -0.4 is 10.2 Å². The third-order valence-electron chi connectivity index (χ3n) is 4.38. The maximum Gasteiger partial charge on any atom is 0.235 e. The number of halogens is 2. The molecule has 5 heteroatoms. The molecular formula is C23H16Cl2O3. The van der Waals surface area contributed by atoms with Gasteiger partial charge in [0.25, 0.3) is 0 Å². The number of aryl methyl sites for hydroxylation is 1. The van der Waals surface area contributed by atoms with E-state index in [1.54, 1.807) is 48.5 Å². The summed E-state index contributed by atoms with van der Waals surface area (Å²) < 4.78 is 12.0. The lowest BCUT2D eigenvalue weighted by atomic mass is 10.1. The van der Waals surface area contributed by atoms with E-state index in [0.29, 0.717) is 32.3 Å². The zero-order valence-electron chi connectivity index (χ0n) is 15.0. The largest absolute Gasteiger partial charge is 0.481 e. The summed E-state index contributed by atoms with van der Waals surface area (Å²) in [6, 6.07) is 19.9. The first-order valence-corrected chi connectivity index (χ1v) is 9.47. The molecular weight excluding hydrogens is 395 g/mol. The molecule has 3 aromatic carbocycles. The lowest BCUT2D eigenvalue weighted by Gasteiger charge is -2.12. The highest BCUT2D eigenvalue weighted by molar-refractivity contribution is 6.30. The Morgan fingerprint density at radius 2 is 1.71 bits per heavy atom. The molecule has 3 nitrogen and oxygen atoms in total. The van der Waals surface area contributed by atoms with Crippen molar-refractivity contribution in [1.82, 2.24) is 0 Å². The van der Waals surface area contributed by atoms with Crippen molar-refractivity contribution in [2.45, 2.75) is 13.5 Å². The number of fused-ring (bicyclic) bond motifs is 1. The molecule has 0 fully saturated rings. The van der Waals surface area contributed by atoms with E-state index in [1.807, 2.05) is 25.1 Å². The first kappa shape index (κ1) is 18.6. The predicted octanol–water partition coefficient (Wildman–Crippen LogP) is 6.65. The van der Waals surface area contributed by atoms with Gasteiger partial charge in [0.1, 0.15) is 12.2 Å². The molecule has 0 unspecified atom stereocenters. The van der Waals surface area contributed by atoms with Crippen LogP contribution in [0.4, 0.5) is 0 Å². The van der Waals surface area contributed by atoms with Gasteiger partial charge >= 0.3 is 0 Å². The Morgan fingerprint density at radius 3 is 2.46 bits per heavy atom. The molecule has 0 radical (unpaired) electrons. The molecule has 140 valence electrons. The van der Waals surface area contributed by atoms with E-state index < -0.39 is 0 Å². The highest BCUT2D eigenvalue weighted by Crippen LogP contribution is 2.32. The average Bonchev–Trinajstić information content (AvgIpc) is 2.68. The van der Waals surface area contributed by atoms with Gasteiger partial charge < -0.3 is 9.15 Å². The summed E-state index contributed by atoms with van der Waals surface area (Å²) in [5.74, 6) is 0.542. The molecule has 1 aromatic heterocycles. The highest BCUT2D eigenvalue weighted by atomic mass is 35.5. The third-order valence-corrected chi connectivity index (χ3v) is 4.87. The summed E-state index contributed by atoms with van der Waals surface area (Å²) in [5.41, 5.74) is 2.84. The second kappa shape index (κ2) is 7.70. The average molecular weight is 411 g/mol. The maximum atomic E-state index is 13.2.